The van der Waals surface area contributed by atoms with Crippen LogP contribution in [0.15, 0.2) is 6.20 Å². The molecule has 2 nitrogen and oxygen atoms in total. The van der Waals surface area contributed by atoms with Crippen molar-refractivity contribution in [1.82, 2.24) is 9.55 Å². The molecule has 0 spiro atoms. The van der Waals surface area contributed by atoms with E-state index in [1.54, 1.807) is 0 Å². The Bertz CT molecular complexity index is 174. The van der Waals surface area contributed by atoms with Crippen molar-refractivity contribution in [3.63, 3.8) is 0 Å². The number of hydrogen-bond donors (Lipinski definition) is 0. The minimum Gasteiger partial charge on any atom is -0.318 e. The highest BCUT2D eigenvalue weighted by Crippen LogP contribution is 2.10. The summed E-state index contributed by atoms with van der Waals surface area (Å²) in [6, 6.07) is 0. The quantitative estimate of drug-likeness (QED) is 0.551. The van der Waals surface area contributed by atoms with E-state index in [9.17, 15) is 0 Å². The number of hydrogen-bond acceptors (Lipinski definition) is 1. The van der Waals surface area contributed by atoms with Gasteiger partial charge in [-0.1, -0.05) is 11.6 Å². The van der Waals surface area contributed by atoms with Gasteiger partial charge in [-0.2, -0.15) is 0 Å². The van der Waals surface area contributed by atoms with Crippen LogP contribution in [-0.2, 0) is 0 Å². The van der Waals surface area contributed by atoms with Crippen molar-refractivity contribution in [2.24, 2.45) is 0 Å². The molecular weight excluding hydrogens is 147 g/mol. The predicted octanol–water partition coefficient (Wildman–Crippen LogP) is 1.83. The van der Waals surface area contributed by atoms with E-state index in [0.29, 0.717) is 10.4 Å². The van der Waals surface area contributed by atoms with Crippen molar-refractivity contribution in [2.75, 3.05) is 0 Å². The fraction of sp³-hybridized carbons (Fsp3) is 0. The van der Waals surface area contributed by atoms with E-state index in [-0.39, 0.29) is 0 Å². The second-order valence-electron chi connectivity index (χ2n) is 1.30. The van der Waals surface area contributed by atoms with E-state index in [1.807, 2.05) is 0 Å². The van der Waals surface area contributed by atoms with Gasteiger partial charge in [0.25, 0.3) is 0 Å². The number of nitrogens with zero attached hydrogens (tertiary/aromatic N) is 2. The minimum absolute atomic E-state index is 0.301. The van der Waals surface area contributed by atoms with Crippen molar-refractivity contribution in [1.29, 1.82) is 0 Å². The molecule has 0 saturated carbocycles. The van der Waals surface area contributed by atoms with Gasteiger partial charge in [0.1, 0.15) is 5.15 Å². The molecule has 0 fully saturated rings. The SMILES string of the molecule is [CH2]n1cc(Cl)nc1Cl. The fourth-order valence-electron chi connectivity index (χ4n) is 0.363. The lowest BCUT2D eigenvalue weighted by Gasteiger charge is -1.83. The molecule has 0 bridgehead atoms. The molecule has 0 unspecified atom stereocenters. The maximum absolute atomic E-state index is 5.43. The monoisotopic (exact) mass is 149 g/mol. The number of rotatable bonds is 0. The molecular formula is C4H3Cl2N2. The lowest BCUT2D eigenvalue weighted by Crippen LogP contribution is -1.78. The second kappa shape index (κ2) is 1.96. The number of aromatic nitrogens is 2. The molecule has 0 aliphatic heterocycles. The Hall–Kier alpha value is -0.210. The first-order valence-corrected chi connectivity index (χ1v) is 2.67. The van der Waals surface area contributed by atoms with Gasteiger partial charge in [-0.15, -0.1) is 0 Å². The Labute approximate surface area is 57.0 Å². The second-order valence-corrected chi connectivity index (χ2v) is 2.03. The zero-order valence-corrected chi connectivity index (χ0v) is 5.45. The van der Waals surface area contributed by atoms with E-state index in [0.717, 1.165) is 0 Å². The fourth-order valence-corrected chi connectivity index (χ4v) is 0.744. The van der Waals surface area contributed by atoms with E-state index < -0.39 is 0 Å². The van der Waals surface area contributed by atoms with Gasteiger partial charge in [-0.05, 0) is 11.6 Å². The van der Waals surface area contributed by atoms with Crippen LogP contribution in [0.5, 0.6) is 0 Å². The van der Waals surface area contributed by atoms with Crippen LogP contribution in [0.4, 0.5) is 0 Å². The van der Waals surface area contributed by atoms with Crippen molar-refractivity contribution in [2.45, 2.75) is 0 Å². The van der Waals surface area contributed by atoms with Gasteiger partial charge in [0.05, 0.1) is 0 Å². The van der Waals surface area contributed by atoms with E-state index >= 15 is 0 Å². The maximum atomic E-state index is 5.43. The molecule has 0 aliphatic carbocycles. The van der Waals surface area contributed by atoms with Gasteiger partial charge in [-0.3, -0.25) is 0 Å². The predicted molar refractivity (Wildman–Crippen MR) is 33.0 cm³/mol. The zero-order valence-electron chi connectivity index (χ0n) is 3.93. The van der Waals surface area contributed by atoms with Gasteiger partial charge in [0.2, 0.25) is 5.28 Å². The molecule has 0 saturated heterocycles. The molecule has 0 N–H and O–H groups in total. The first-order chi connectivity index (χ1) is 3.70. The third kappa shape index (κ3) is 0.956. The highest BCUT2D eigenvalue weighted by molar-refractivity contribution is 6.32. The van der Waals surface area contributed by atoms with Gasteiger partial charge in [0, 0.05) is 13.2 Å². The van der Waals surface area contributed by atoms with Gasteiger partial charge < -0.3 is 4.57 Å². The Morgan fingerprint density at radius 2 is 2.25 bits per heavy atom. The average molecular weight is 150 g/mol. The summed E-state index contributed by atoms with van der Waals surface area (Å²) < 4.78 is 1.39. The highest BCUT2D eigenvalue weighted by atomic mass is 35.5. The Morgan fingerprint density at radius 1 is 1.62 bits per heavy atom. The van der Waals surface area contributed by atoms with Crippen molar-refractivity contribution in [3.05, 3.63) is 23.7 Å². The molecule has 0 amide bonds. The zero-order chi connectivity index (χ0) is 6.15. The number of imidazole rings is 1. The molecule has 0 atom stereocenters. The summed E-state index contributed by atoms with van der Waals surface area (Å²) in [5.41, 5.74) is 0. The maximum Gasteiger partial charge on any atom is 0.204 e. The average Bonchev–Trinajstić information content (AvgIpc) is 1.85. The largest absolute Gasteiger partial charge is 0.318 e. The summed E-state index contributed by atoms with van der Waals surface area (Å²) in [6.07, 6.45) is 1.53. The van der Waals surface area contributed by atoms with Crippen LogP contribution in [0.25, 0.3) is 0 Å². The van der Waals surface area contributed by atoms with Crippen LogP contribution >= 0.6 is 23.2 Å². The van der Waals surface area contributed by atoms with Crippen LogP contribution in [-0.4, -0.2) is 9.55 Å². The standard InChI is InChI=1S/C4H3Cl2N2/c1-8-2-3(5)7-4(8)6/h2H,1H2. The lowest BCUT2D eigenvalue weighted by molar-refractivity contribution is 1.06. The summed E-state index contributed by atoms with van der Waals surface area (Å²) in [6.45, 7) is 0. The van der Waals surface area contributed by atoms with Crippen LogP contribution in [0.1, 0.15) is 0 Å². The summed E-state index contributed by atoms with van der Waals surface area (Å²) >= 11 is 10.8. The molecule has 1 rings (SSSR count). The Balaban J connectivity index is 3.14. The molecule has 1 heterocycles. The number of halogens is 2. The lowest BCUT2D eigenvalue weighted by atomic mass is 10.9. The molecule has 8 heavy (non-hydrogen) atoms. The molecule has 4 heteroatoms. The minimum atomic E-state index is 0.301. The van der Waals surface area contributed by atoms with Crippen molar-refractivity contribution in [3.8, 4) is 0 Å². The van der Waals surface area contributed by atoms with Crippen LogP contribution in [0.3, 0.4) is 0 Å². The molecule has 0 aromatic carbocycles. The summed E-state index contributed by atoms with van der Waals surface area (Å²) in [5, 5.41) is 0.667. The molecule has 43 valence electrons. The third-order valence-electron chi connectivity index (χ3n) is 0.698. The first-order valence-electron chi connectivity index (χ1n) is 1.91. The highest BCUT2D eigenvalue weighted by Gasteiger charge is 1.96. The van der Waals surface area contributed by atoms with Gasteiger partial charge in [0.15, 0.2) is 0 Å². The normalized spacial score (nSPS) is 9.88. The van der Waals surface area contributed by atoms with Crippen molar-refractivity contribution >= 4 is 23.2 Å². The van der Waals surface area contributed by atoms with Crippen LogP contribution in [0.2, 0.25) is 10.4 Å². The topological polar surface area (TPSA) is 17.8 Å². The molecule has 1 radical (unpaired) electrons. The third-order valence-corrected chi connectivity index (χ3v) is 1.18. The van der Waals surface area contributed by atoms with Gasteiger partial charge >= 0.3 is 0 Å². The van der Waals surface area contributed by atoms with E-state index in [4.69, 9.17) is 23.2 Å². The van der Waals surface area contributed by atoms with Crippen LogP contribution in [0, 0.1) is 7.05 Å². The molecule has 1 aromatic rings. The summed E-state index contributed by atoms with van der Waals surface area (Å²) in [4.78, 5) is 3.64. The van der Waals surface area contributed by atoms with E-state index in [1.165, 1.54) is 10.8 Å². The summed E-state index contributed by atoms with van der Waals surface area (Å²) in [7, 11) is 3.48. The van der Waals surface area contributed by atoms with Crippen LogP contribution < -0.4 is 0 Å². The van der Waals surface area contributed by atoms with Crippen molar-refractivity contribution < 1.29 is 0 Å². The molecule has 0 aliphatic rings. The first kappa shape index (κ1) is 5.92. The van der Waals surface area contributed by atoms with Gasteiger partial charge in [-0.25, -0.2) is 4.98 Å². The van der Waals surface area contributed by atoms with E-state index in [2.05, 4.69) is 12.0 Å². The smallest absolute Gasteiger partial charge is 0.204 e. The summed E-state index contributed by atoms with van der Waals surface area (Å²) in [5.74, 6) is 0. The Morgan fingerprint density at radius 3 is 2.38 bits per heavy atom. The Kier molecular flexibility index (Phi) is 1.45. The molecule has 1 aromatic heterocycles.